The molecule has 0 radical (unpaired) electrons. The van der Waals surface area contributed by atoms with Gasteiger partial charge in [-0.2, -0.15) is 0 Å². The maximum absolute atomic E-state index is 12.3. The molecule has 1 unspecified atom stereocenters. The van der Waals surface area contributed by atoms with Gasteiger partial charge in [-0.05, 0) is 32.3 Å². The summed E-state index contributed by atoms with van der Waals surface area (Å²) in [6.07, 6.45) is 3.50. The summed E-state index contributed by atoms with van der Waals surface area (Å²) in [6.45, 7) is 4.39. The van der Waals surface area contributed by atoms with Gasteiger partial charge in [0.15, 0.2) is 0 Å². The van der Waals surface area contributed by atoms with E-state index in [1.54, 1.807) is 7.11 Å². The first-order chi connectivity index (χ1) is 9.72. The van der Waals surface area contributed by atoms with Crippen molar-refractivity contribution < 1.29 is 9.53 Å². The first-order valence-corrected chi connectivity index (χ1v) is 7.36. The van der Waals surface area contributed by atoms with Crippen LogP contribution in [0.2, 0.25) is 0 Å². The fourth-order valence-electron chi connectivity index (χ4n) is 2.59. The van der Waals surface area contributed by atoms with Crippen molar-refractivity contribution in [1.82, 2.24) is 10.2 Å². The zero-order chi connectivity index (χ0) is 14.4. The van der Waals surface area contributed by atoms with E-state index >= 15 is 0 Å². The Hall–Kier alpha value is -1.55. The fraction of sp³-hybridized carbons (Fsp3) is 0.562. The van der Waals surface area contributed by atoms with Crippen LogP contribution in [-0.2, 0) is 11.3 Å². The van der Waals surface area contributed by atoms with Crippen molar-refractivity contribution in [3.63, 3.8) is 0 Å². The lowest BCUT2D eigenvalue weighted by Crippen LogP contribution is -2.46. The maximum atomic E-state index is 12.3. The zero-order valence-electron chi connectivity index (χ0n) is 12.4. The highest BCUT2D eigenvalue weighted by Gasteiger charge is 2.21. The molecule has 0 aromatic heterocycles. The smallest absolute Gasteiger partial charge is 0.239 e. The van der Waals surface area contributed by atoms with Crippen molar-refractivity contribution in [3.05, 3.63) is 29.8 Å². The van der Waals surface area contributed by atoms with E-state index in [0.717, 1.165) is 37.2 Å². The van der Waals surface area contributed by atoms with Crippen LogP contribution in [0.25, 0.3) is 0 Å². The highest BCUT2D eigenvalue weighted by atomic mass is 16.5. The monoisotopic (exact) mass is 276 g/mol. The van der Waals surface area contributed by atoms with E-state index < -0.39 is 0 Å². The predicted octanol–water partition coefficient (Wildman–Crippen LogP) is 2.19. The molecular formula is C16H24N2O2. The molecule has 1 amide bonds. The molecule has 4 heteroatoms. The summed E-state index contributed by atoms with van der Waals surface area (Å²) in [6, 6.07) is 7.73. The van der Waals surface area contributed by atoms with Crippen LogP contribution in [0.3, 0.4) is 0 Å². The van der Waals surface area contributed by atoms with Crippen LogP contribution in [0.4, 0.5) is 0 Å². The van der Waals surface area contributed by atoms with E-state index in [0.29, 0.717) is 6.54 Å². The molecule has 1 fully saturated rings. The molecule has 0 saturated carbocycles. The third kappa shape index (κ3) is 3.73. The third-order valence-corrected chi connectivity index (χ3v) is 3.83. The number of ether oxygens (including phenoxy) is 1. The lowest BCUT2D eigenvalue weighted by atomic mass is 10.1. The average molecular weight is 276 g/mol. The number of hydrogen-bond acceptors (Lipinski definition) is 3. The summed E-state index contributed by atoms with van der Waals surface area (Å²) in [5.41, 5.74) is 1.08. The number of para-hydroxylation sites is 1. The van der Waals surface area contributed by atoms with Crippen LogP contribution in [0.15, 0.2) is 24.3 Å². The number of nitrogens with zero attached hydrogens (tertiary/aromatic N) is 1. The quantitative estimate of drug-likeness (QED) is 0.896. The number of nitrogens with one attached hydrogen (secondary N) is 1. The van der Waals surface area contributed by atoms with Crippen molar-refractivity contribution in [2.75, 3.05) is 20.2 Å². The molecule has 20 heavy (non-hydrogen) atoms. The Morgan fingerprint density at radius 3 is 2.70 bits per heavy atom. The van der Waals surface area contributed by atoms with Crippen molar-refractivity contribution >= 4 is 5.91 Å². The number of likely N-dealkylation sites (tertiary alicyclic amines) is 1. The van der Waals surface area contributed by atoms with E-state index in [9.17, 15) is 4.79 Å². The molecule has 1 aliphatic heterocycles. The SMILES string of the molecule is COc1ccccc1CNC(C)C(=O)N1CCCCC1. The van der Waals surface area contributed by atoms with Gasteiger partial charge >= 0.3 is 0 Å². The van der Waals surface area contributed by atoms with Crippen LogP contribution in [0, 0.1) is 0 Å². The van der Waals surface area contributed by atoms with E-state index in [2.05, 4.69) is 5.32 Å². The van der Waals surface area contributed by atoms with Crippen LogP contribution >= 0.6 is 0 Å². The molecule has 1 heterocycles. The van der Waals surface area contributed by atoms with Crippen molar-refractivity contribution in [3.8, 4) is 5.75 Å². The largest absolute Gasteiger partial charge is 0.496 e. The number of hydrogen-bond donors (Lipinski definition) is 1. The molecular weight excluding hydrogens is 252 g/mol. The van der Waals surface area contributed by atoms with Gasteiger partial charge in [-0.25, -0.2) is 0 Å². The van der Waals surface area contributed by atoms with Gasteiger partial charge in [-0.1, -0.05) is 18.2 Å². The minimum atomic E-state index is -0.155. The third-order valence-electron chi connectivity index (χ3n) is 3.83. The Labute approximate surface area is 121 Å². The molecule has 1 aliphatic rings. The highest BCUT2D eigenvalue weighted by Crippen LogP contribution is 2.17. The minimum Gasteiger partial charge on any atom is -0.496 e. The maximum Gasteiger partial charge on any atom is 0.239 e. The minimum absolute atomic E-state index is 0.155. The van der Waals surface area contributed by atoms with Gasteiger partial charge < -0.3 is 15.0 Å². The zero-order valence-corrected chi connectivity index (χ0v) is 12.4. The summed E-state index contributed by atoms with van der Waals surface area (Å²) in [4.78, 5) is 14.3. The van der Waals surface area contributed by atoms with Crippen molar-refractivity contribution in [2.24, 2.45) is 0 Å². The summed E-state index contributed by atoms with van der Waals surface area (Å²) >= 11 is 0. The second-order valence-electron chi connectivity index (χ2n) is 5.30. The molecule has 1 saturated heterocycles. The van der Waals surface area contributed by atoms with Crippen LogP contribution in [0.5, 0.6) is 5.75 Å². The molecule has 1 aromatic carbocycles. The highest BCUT2D eigenvalue weighted by molar-refractivity contribution is 5.81. The standard InChI is InChI=1S/C16H24N2O2/c1-13(16(19)18-10-6-3-7-11-18)17-12-14-8-4-5-9-15(14)20-2/h4-5,8-9,13,17H,3,6-7,10-12H2,1-2H3. The van der Waals surface area contributed by atoms with Crippen LogP contribution in [0.1, 0.15) is 31.7 Å². The van der Waals surface area contributed by atoms with Gasteiger partial charge in [0.2, 0.25) is 5.91 Å². The van der Waals surface area contributed by atoms with E-state index in [4.69, 9.17) is 4.74 Å². The van der Waals surface area contributed by atoms with Gasteiger partial charge in [0.05, 0.1) is 13.2 Å². The number of piperidine rings is 1. The van der Waals surface area contributed by atoms with Gasteiger partial charge in [-0.3, -0.25) is 4.79 Å². The average Bonchev–Trinajstić information content (AvgIpc) is 2.53. The summed E-state index contributed by atoms with van der Waals surface area (Å²) in [5, 5.41) is 3.30. The van der Waals surface area contributed by atoms with Crippen LogP contribution in [-0.4, -0.2) is 37.0 Å². The first kappa shape index (κ1) is 14.9. The molecule has 2 rings (SSSR count). The van der Waals surface area contributed by atoms with E-state index in [-0.39, 0.29) is 11.9 Å². The van der Waals surface area contributed by atoms with Crippen molar-refractivity contribution in [1.29, 1.82) is 0 Å². The molecule has 0 bridgehead atoms. The Morgan fingerprint density at radius 1 is 1.30 bits per heavy atom. The number of carbonyl (C=O) groups is 1. The molecule has 1 atom stereocenters. The van der Waals surface area contributed by atoms with Gasteiger partial charge in [-0.15, -0.1) is 0 Å². The number of carbonyl (C=O) groups excluding carboxylic acids is 1. The lowest BCUT2D eigenvalue weighted by Gasteiger charge is -2.29. The predicted molar refractivity (Wildman–Crippen MR) is 79.7 cm³/mol. The Morgan fingerprint density at radius 2 is 2.00 bits per heavy atom. The second kappa shape index (κ2) is 7.29. The summed E-state index contributed by atoms with van der Waals surface area (Å²) < 4.78 is 5.32. The topological polar surface area (TPSA) is 41.6 Å². The molecule has 0 spiro atoms. The van der Waals surface area contributed by atoms with Gasteiger partial charge in [0.1, 0.15) is 5.75 Å². The Kier molecular flexibility index (Phi) is 5.41. The lowest BCUT2D eigenvalue weighted by molar-refractivity contribution is -0.133. The number of rotatable bonds is 5. The molecule has 4 nitrogen and oxygen atoms in total. The fourth-order valence-corrected chi connectivity index (χ4v) is 2.59. The van der Waals surface area contributed by atoms with E-state index in [1.165, 1.54) is 6.42 Å². The Bertz CT molecular complexity index is 442. The van der Waals surface area contributed by atoms with Gasteiger partial charge in [0, 0.05) is 25.2 Å². The van der Waals surface area contributed by atoms with Crippen molar-refractivity contribution in [2.45, 2.75) is 38.8 Å². The normalized spacial score (nSPS) is 16.8. The Balaban J connectivity index is 1.87. The van der Waals surface area contributed by atoms with Gasteiger partial charge in [0.25, 0.3) is 0 Å². The molecule has 0 aliphatic carbocycles. The molecule has 1 N–H and O–H groups in total. The first-order valence-electron chi connectivity index (χ1n) is 7.36. The summed E-state index contributed by atoms with van der Waals surface area (Å²) in [5.74, 6) is 1.07. The summed E-state index contributed by atoms with van der Waals surface area (Å²) in [7, 11) is 1.67. The molecule has 1 aromatic rings. The number of benzene rings is 1. The molecule has 110 valence electrons. The number of methoxy groups -OCH3 is 1. The van der Waals surface area contributed by atoms with E-state index in [1.807, 2.05) is 36.1 Å². The van der Waals surface area contributed by atoms with Crippen LogP contribution < -0.4 is 10.1 Å². The second-order valence-corrected chi connectivity index (χ2v) is 5.30. The number of amides is 1.